The number of aromatic nitrogens is 2. The highest BCUT2D eigenvalue weighted by molar-refractivity contribution is 7.91. The van der Waals surface area contributed by atoms with E-state index in [1.807, 2.05) is 0 Å². The van der Waals surface area contributed by atoms with Crippen LogP contribution in [0.1, 0.15) is 26.7 Å². The number of sulfone groups is 1. The molecule has 0 fully saturated rings. The van der Waals surface area contributed by atoms with Gasteiger partial charge in [-0.1, -0.05) is 19.9 Å². The summed E-state index contributed by atoms with van der Waals surface area (Å²) in [5.41, 5.74) is -1.67. The second-order valence-corrected chi connectivity index (χ2v) is 9.49. The summed E-state index contributed by atoms with van der Waals surface area (Å²) in [5, 5.41) is 0. The molecule has 1 aromatic heterocycles. The van der Waals surface area contributed by atoms with Crippen LogP contribution in [0.25, 0.3) is 0 Å². The van der Waals surface area contributed by atoms with E-state index >= 15 is 0 Å². The SMILES string of the molecule is CC(C)(CCCOCn1ccc(=O)[nH]c1=O)CS(=O)(=O)c1cccc(OC(F)F)c1. The van der Waals surface area contributed by atoms with Crippen molar-refractivity contribution in [1.82, 2.24) is 9.55 Å². The molecule has 0 unspecified atom stereocenters. The van der Waals surface area contributed by atoms with Gasteiger partial charge in [0.1, 0.15) is 12.5 Å². The largest absolute Gasteiger partial charge is 0.435 e. The van der Waals surface area contributed by atoms with Crippen LogP contribution >= 0.6 is 0 Å². The van der Waals surface area contributed by atoms with E-state index in [2.05, 4.69) is 9.72 Å². The minimum Gasteiger partial charge on any atom is -0.435 e. The molecule has 0 aliphatic heterocycles. The van der Waals surface area contributed by atoms with Crippen LogP contribution in [-0.4, -0.2) is 36.9 Å². The summed E-state index contributed by atoms with van der Waals surface area (Å²) >= 11 is 0. The molecule has 1 N–H and O–H groups in total. The Morgan fingerprint density at radius 1 is 1.20 bits per heavy atom. The predicted octanol–water partition coefficient (Wildman–Crippen LogP) is 2.39. The van der Waals surface area contributed by atoms with Gasteiger partial charge in [0, 0.05) is 18.9 Å². The Morgan fingerprint density at radius 2 is 1.93 bits per heavy atom. The first kappa shape index (κ1) is 23.7. The van der Waals surface area contributed by atoms with Crippen LogP contribution in [0, 0.1) is 5.41 Å². The molecule has 0 amide bonds. The lowest BCUT2D eigenvalue weighted by Crippen LogP contribution is -2.29. The number of aromatic amines is 1. The van der Waals surface area contributed by atoms with E-state index in [1.165, 1.54) is 35.0 Å². The Bertz CT molecular complexity index is 1060. The smallest absolute Gasteiger partial charge is 0.387 e. The number of hydrogen-bond acceptors (Lipinski definition) is 6. The van der Waals surface area contributed by atoms with Gasteiger partial charge in [0.05, 0.1) is 10.6 Å². The first-order valence-corrected chi connectivity index (χ1v) is 10.8. The zero-order valence-corrected chi connectivity index (χ0v) is 17.5. The van der Waals surface area contributed by atoms with E-state index < -0.39 is 33.1 Å². The van der Waals surface area contributed by atoms with Gasteiger partial charge in [-0.15, -0.1) is 0 Å². The highest BCUT2D eigenvalue weighted by atomic mass is 32.2. The van der Waals surface area contributed by atoms with Gasteiger partial charge in [0.25, 0.3) is 5.56 Å². The minimum atomic E-state index is -3.72. The molecule has 0 atom stereocenters. The summed E-state index contributed by atoms with van der Waals surface area (Å²) in [4.78, 5) is 24.6. The van der Waals surface area contributed by atoms with E-state index in [0.717, 1.165) is 6.07 Å². The number of alkyl halides is 2. The van der Waals surface area contributed by atoms with Gasteiger partial charge in [-0.3, -0.25) is 14.3 Å². The highest BCUT2D eigenvalue weighted by Crippen LogP contribution is 2.29. The van der Waals surface area contributed by atoms with Crippen LogP contribution in [0.4, 0.5) is 8.78 Å². The lowest BCUT2D eigenvalue weighted by molar-refractivity contribution is -0.0499. The van der Waals surface area contributed by atoms with E-state index in [4.69, 9.17) is 4.74 Å². The monoisotopic (exact) mass is 446 g/mol. The molecular formula is C19H24F2N2O6S. The van der Waals surface area contributed by atoms with Crippen molar-refractivity contribution in [3.05, 3.63) is 57.4 Å². The Labute approximate surface area is 172 Å². The van der Waals surface area contributed by atoms with Crippen molar-refractivity contribution in [3.63, 3.8) is 0 Å². The molecule has 11 heteroatoms. The maximum Gasteiger partial charge on any atom is 0.387 e. The van der Waals surface area contributed by atoms with Gasteiger partial charge in [-0.25, -0.2) is 13.2 Å². The molecule has 0 aliphatic rings. The summed E-state index contributed by atoms with van der Waals surface area (Å²) in [7, 11) is -3.72. The van der Waals surface area contributed by atoms with Crippen molar-refractivity contribution in [2.45, 2.75) is 44.9 Å². The lowest BCUT2D eigenvalue weighted by Gasteiger charge is -2.24. The second-order valence-electron chi connectivity index (χ2n) is 7.50. The summed E-state index contributed by atoms with van der Waals surface area (Å²) in [6, 6.07) is 6.25. The molecule has 30 heavy (non-hydrogen) atoms. The molecule has 1 aromatic carbocycles. The van der Waals surface area contributed by atoms with Crippen LogP contribution in [0.15, 0.2) is 51.0 Å². The van der Waals surface area contributed by atoms with E-state index in [0.29, 0.717) is 12.8 Å². The number of benzene rings is 1. The average molecular weight is 446 g/mol. The molecule has 166 valence electrons. The number of nitrogens with one attached hydrogen (secondary N) is 1. The summed E-state index contributed by atoms with van der Waals surface area (Å²) in [5.74, 6) is -0.396. The first-order chi connectivity index (χ1) is 14.0. The van der Waals surface area contributed by atoms with Crippen LogP contribution in [0.3, 0.4) is 0 Å². The van der Waals surface area contributed by atoms with Gasteiger partial charge >= 0.3 is 12.3 Å². The number of halogens is 2. The van der Waals surface area contributed by atoms with Crippen LogP contribution in [0.2, 0.25) is 0 Å². The predicted molar refractivity (Wildman–Crippen MR) is 105 cm³/mol. The highest BCUT2D eigenvalue weighted by Gasteiger charge is 2.27. The number of H-pyrrole nitrogens is 1. The Kier molecular flexibility index (Phi) is 7.90. The fourth-order valence-electron chi connectivity index (χ4n) is 2.88. The number of nitrogens with zero attached hydrogens (tertiary/aromatic N) is 1. The molecule has 0 aliphatic carbocycles. The fraction of sp³-hybridized carbons (Fsp3) is 0.474. The normalized spacial score (nSPS) is 12.3. The number of hydrogen-bond donors (Lipinski definition) is 1. The molecule has 0 saturated carbocycles. The molecule has 1 heterocycles. The van der Waals surface area contributed by atoms with Crippen LogP contribution < -0.4 is 16.0 Å². The molecule has 0 spiro atoms. The molecule has 0 saturated heterocycles. The standard InChI is InChI=1S/C19H24F2N2O6S/c1-19(2,8-4-10-28-13-23-9-7-16(24)22-18(23)25)12-30(26,27)15-6-3-5-14(11-15)29-17(20)21/h3,5-7,9,11,17H,4,8,10,12-13H2,1-2H3,(H,22,24,25). The Hall–Kier alpha value is -2.53. The second kappa shape index (κ2) is 9.98. The summed E-state index contributed by atoms with van der Waals surface area (Å²) < 4.78 is 60.9. The number of rotatable bonds is 11. The Morgan fingerprint density at radius 3 is 2.60 bits per heavy atom. The summed E-state index contributed by atoms with van der Waals surface area (Å²) in [6.07, 6.45) is 2.37. The zero-order chi connectivity index (χ0) is 22.4. The topological polar surface area (TPSA) is 107 Å². The van der Waals surface area contributed by atoms with Crippen LogP contribution in [0.5, 0.6) is 5.75 Å². The molecule has 8 nitrogen and oxygen atoms in total. The van der Waals surface area contributed by atoms with Crippen molar-refractivity contribution < 1.29 is 26.7 Å². The van der Waals surface area contributed by atoms with Gasteiger partial charge in [0.15, 0.2) is 9.84 Å². The van der Waals surface area contributed by atoms with E-state index in [-0.39, 0.29) is 29.7 Å². The lowest BCUT2D eigenvalue weighted by atomic mass is 9.90. The molecule has 2 rings (SSSR count). The molecule has 0 radical (unpaired) electrons. The Balaban J connectivity index is 1.87. The maximum atomic E-state index is 12.7. The summed E-state index contributed by atoms with van der Waals surface area (Å²) in [6.45, 7) is 0.789. The van der Waals surface area contributed by atoms with Gasteiger partial charge in [0.2, 0.25) is 0 Å². The van der Waals surface area contributed by atoms with E-state index in [9.17, 15) is 26.8 Å². The maximum absolute atomic E-state index is 12.7. The molecule has 0 bridgehead atoms. The average Bonchev–Trinajstić information content (AvgIpc) is 2.62. The van der Waals surface area contributed by atoms with Gasteiger partial charge in [-0.2, -0.15) is 8.78 Å². The van der Waals surface area contributed by atoms with Crippen molar-refractivity contribution in [2.75, 3.05) is 12.4 Å². The van der Waals surface area contributed by atoms with E-state index in [1.54, 1.807) is 13.8 Å². The van der Waals surface area contributed by atoms with Gasteiger partial charge < -0.3 is 9.47 Å². The third-order valence-corrected chi connectivity index (χ3v) is 6.37. The quantitative estimate of drug-likeness (QED) is 0.531. The fourth-order valence-corrected chi connectivity index (χ4v) is 4.80. The van der Waals surface area contributed by atoms with Crippen molar-refractivity contribution in [2.24, 2.45) is 5.41 Å². The third-order valence-electron chi connectivity index (χ3n) is 4.24. The minimum absolute atomic E-state index is 0.0364. The van der Waals surface area contributed by atoms with Crippen molar-refractivity contribution >= 4 is 9.84 Å². The zero-order valence-electron chi connectivity index (χ0n) is 16.6. The van der Waals surface area contributed by atoms with Crippen molar-refractivity contribution in [1.29, 1.82) is 0 Å². The van der Waals surface area contributed by atoms with Crippen molar-refractivity contribution in [3.8, 4) is 5.75 Å². The van der Waals surface area contributed by atoms with Gasteiger partial charge in [-0.05, 0) is 36.5 Å². The number of ether oxygens (including phenoxy) is 2. The molecule has 2 aromatic rings. The van der Waals surface area contributed by atoms with Crippen LogP contribution in [-0.2, 0) is 21.3 Å². The molecular weight excluding hydrogens is 422 g/mol. The first-order valence-electron chi connectivity index (χ1n) is 9.14. The third kappa shape index (κ3) is 7.38.